The lowest BCUT2D eigenvalue weighted by Gasteiger charge is -2.66. The molecule has 7 aliphatic rings. The van der Waals surface area contributed by atoms with Gasteiger partial charge in [0, 0.05) is 50.9 Å². The Hall–Kier alpha value is -0.770. The third-order valence-corrected chi connectivity index (χ3v) is 11.2. The fraction of sp³-hybridized carbons (Fsp3) is 0.957. The van der Waals surface area contributed by atoms with Crippen LogP contribution in [0.1, 0.15) is 32.6 Å². The van der Waals surface area contributed by atoms with Crippen molar-refractivity contribution in [1.82, 2.24) is 5.32 Å². The maximum Gasteiger partial charge on any atom is 0.226 e. The Labute approximate surface area is 182 Å². The topological polar surface area (TPSA) is 95.5 Å². The van der Waals surface area contributed by atoms with E-state index in [-0.39, 0.29) is 66.1 Å². The molecule has 7 rings (SSSR count). The van der Waals surface area contributed by atoms with Gasteiger partial charge in [0.2, 0.25) is 5.91 Å². The molecule has 172 valence electrons. The average Bonchev–Trinajstić information content (AvgIpc) is 3.30. The normalized spacial score (nSPS) is 64.9. The van der Waals surface area contributed by atoms with Crippen LogP contribution >= 0.6 is 0 Å². The number of ether oxygens (including phenoxy) is 5. The standard InChI is InChI=1S/C23H33NO7/c1-20-6-5-13(28-3)22-11-7-10-12(27-2)8-21(14(11)15(10)25)23(31-9-30-21,17(29-4)16(20)22)18(22)24-19(20)26/h10-18,25H,5-9H2,1-4H3,(H,24,26). The zero-order valence-corrected chi connectivity index (χ0v) is 18.6. The number of nitrogens with one attached hydrogen (secondary N) is 1. The van der Waals surface area contributed by atoms with Crippen LogP contribution in [0.15, 0.2) is 0 Å². The van der Waals surface area contributed by atoms with Crippen molar-refractivity contribution in [2.45, 2.75) is 74.3 Å². The summed E-state index contributed by atoms with van der Waals surface area (Å²) < 4.78 is 31.7. The summed E-state index contributed by atoms with van der Waals surface area (Å²) in [7, 11) is 5.24. The molecule has 7 fully saturated rings. The Morgan fingerprint density at radius 3 is 2.68 bits per heavy atom. The van der Waals surface area contributed by atoms with Gasteiger partial charge >= 0.3 is 0 Å². The fourth-order valence-corrected chi connectivity index (χ4v) is 10.5. The summed E-state index contributed by atoms with van der Waals surface area (Å²) in [5, 5.41) is 15.1. The molecule has 0 aromatic rings. The lowest BCUT2D eigenvalue weighted by atomic mass is 9.43. The first-order valence-corrected chi connectivity index (χ1v) is 11.7. The molecule has 0 aromatic heterocycles. The Balaban J connectivity index is 1.57. The third-order valence-electron chi connectivity index (χ3n) is 11.2. The van der Waals surface area contributed by atoms with Gasteiger partial charge in [0.15, 0.2) is 0 Å². The highest BCUT2D eigenvalue weighted by atomic mass is 16.7. The quantitative estimate of drug-likeness (QED) is 0.665. The van der Waals surface area contributed by atoms with Crippen molar-refractivity contribution in [3.05, 3.63) is 0 Å². The number of hydrogen-bond acceptors (Lipinski definition) is 7. The summed E-state index contributed by atoms with van der Waals surface area (Å²) >= 11 is 0. The molecular weight excluding hydrogens is 402 g/mol. The first-order chi connectivity index (χ1) is 14.9. The SMILES string of the molecule is COC1CC23OCOC24C(OC)C2C5(C)CCC(OC)C2(C2CC1C(O)C23)C4NC5=O. The second kappa shape index (κ2) is 5.65. The van der Waals surface area contributed by atoms with E-state index in [1.165, 1.54) is 0 Å². The van der Waals surface area contributed by atoms with Gasteiger partial charge in [-0.1, -0.05) is 6.92 Å². The lowest BCUT2D eigenvalue weighted by Crippen LogP contribution is -2.81. The van der Waals surface area contributed by atoms with Gasteiger partial charge in [-0.2, -0.15) is 0 Å². The molecule has 8 heteroatoms. The summed E-state index contributed by atoms with van der Waals surface area (Å²) in [6.45, 7) is 2.24. The number of methoxy groups -OCH3 is 3. The molecule has 0 radical (unpaired) electrons. The minimum absolute atomic E-state index is 0.0343. The van der Waals surface area contributed by atoms with Crippen molar-refractivity contribution in [1.29, 1.82) is 0 Å². The highest BCUT2D eigenvalue weighted by Crippen LogP contribution is 2.81. The largest absolute Gasteiger partial charge is 0.392 e. The van der Waals surface area contributed by atoms with Gasteiger partial charge in [-0.25, -0.2) is 0 Å². The summed E-state index contributed by atoms with van der Waals surface area (Å²) in [4.78, 5) is 13.6. The number of carbonyl (C=O) groups is 1. The number of carbonyl (C=O) groups excluding carboxylic acids is 1. The van der Waals surface area contributed by atoms with Crippen LogP contribution in [0.3, 0.4) is 0 Å². The molecule has 13 unspecified atom stereocenters. The predicted octanol–water partition coefficient (Wildman–Crippen LogP) is 0.459. The Bertz CT molecular complexity index is 854. The van der Waals surface area contributed by atoms with Crippen LogP contribution in [0.4, 0.5) is 0 Å². The van der Waals surface area contributed by atoms with E-state index in [1.807, 2.05) is 0 Å². The van der Waals surface area contributed by atoms with Crippen LogP contribution < -0.4 is 5.32 Å². The van der Waals surface area contributed by atoms with E-state index in [2.05, 4.69) is 12.2 Å². The van der Waals surface area contributed by atoms with Crippen LogP contribution in [0, 0.1) is 34.5 Å². The van der Waals surface area contributed by atoms with Crippen molar-refractivity contribution >= 4 is 5.91 Å². The number of hydrogen-bond donors (Lipinski definition) is 2. The molecule has 1 amide bonds. The lowest BCUT2D eigenvalue weighted by molar-refractivity contribution is -0.253. The third kappa shape index (κ3) is 1.63. The molecular formula is C23H33NO7. The van der Waals surface area contributed by atoms with Gasteiger partial charge in [0.1, 0.15) is 18.0 Å². The molecule has 3 spiro atoms. The molecule has 5 aliphatic carbocycles. The van der Waals surface area contributed by atoms with E-state index < -0.39 is 22.7 Å². The van der Waals surface area contributed by atoms with Crippen LogP contribution in [-0.2, 0) is 28.5 Å². The maximum absolute atomic E-state index is 13.6. The van der Waals surface area contributed by atoms with Crippen molar-refractivity contribution in [2.24, 2.45) is 34.5 Å². The van der Waals surface area contributed by atoms with Gasteiger partial charge in [-0.15, -0.1) is 0 Å². The van der Waals surface area contributed by atoms with Crippen molar-refractivity contribution in [3.8, 4) is 0 Å². The maximum atomic E-state index is 13.6. The van der Waals surface area contributed by atoms with Crippen LogP contribution in [0.2, 0.25) is 0 Å². The molecule has 5 saturated carbocycles. The highest BCUT2D eigenvalue weighted by molar-refractivity contribution is 5.86. The minimum atomic E-state index is -0.866. The second-order valence-corrected chi connectivity index (χ2v) is 11.3. The van der Waals surface area contributed by atoms with Crippen LogP contribution in [-0.4, -0.2) is 80.8 Å². The molecule has 0 aromatic carbocycles. The van der Waals surface area contributed by atoms with Crippen molar-refractivity contribution < 1.29 is 33.6 Å². The molecule has 31 heavy (non-hydrogen) atoms. The monoisotopic (exact) mass is 435 g/mol. The Kier molecular flexibility index (Phi) is 3.58. The number of rotatable bonds is 3. The molecule has 13 atom stereocenters. The molecule has 2 N–H and O–H groups in total. The number of amides is 1. The smallest absolute Gasteiger partial charge is 0.226 e. The summed E-state index contributed by atoms with van der Waals surface area (Å²) in [5.74, 6) is 0.155. The van der Waals surface area contributed by atoms with E-state index in [4.69, 9.17) is 23.7 Å². The van der Waals surface area contributed by atoms with Gasteiger partial charge in [-0.3, -0.25) is 4.79 Å². The number of aliphatic hydroxyl groups excluding tert-OH is 1. The van der Waals surface area contributed by atoms with Gasteiger partial charge < -0.3 is 34.1 Å². The first-order valence-electron chi connectivity index (χ1n) is 11.7. The van der Waals surface area contributed by atoms with E-state index >= 15 is 0 Å². The van der Waals surface area contributed by atoms with Gasteiger partial charge in [0.05, 0.1) is 35.9 Å². The highest BCUT2D eigenvalue weighted by Gasteiger charge is 2.93. The fourth-order valence-electron chi connectivity index (χ4n) is 10.5. The zero-order valence-electron chi connectivity index (χ0n) is 18.6. The number of piperidine rings is 1. The summed E-state index contributed by atoms with van der Waals surface area (Å²) in [5.41, 5.74) is -2.55. The number of fused-ring (bicyclic) bond motifs is 1. The zero-order chi connectivity index (χ0) is 21.6. The molecule has 7 bridgehead atoms. The second-order valence-electron chi connectivity index (χ2n) is 11.3. The van der Waals surface area contributed by atoms with Gasteiger partial charge in [0.25, 0.3) is 0 Å². The van der Waals surface area contributed by atoms with E-state index in [1.54, 1.807) is 21.3 Å². The van der Waals surface area contributed by atoms with E-state index in [0.29, 0.717) is 6.42 Å². The molecule has 2 saturated heterocycles. The van der Waals surface area contributed by atoms with E-state index in [9.17, 15) is 9.90 Å². The first kappa shape index (κ1) is 19.7. The molecule has 8 nitrogen and oxygen atoms in total. The van der Waals surface area contributed by atoms with Crippen molar-refractivity contribution in [3.63, 3.8) is 0 Å². The minimum Gasteiger partial charge on any atom is -0.392 e. The Morgan fingerprint density at radius 2 is 1.97 bits per heavy atom. The Morgan fingerprint density at radius 1 is 1.16 bits per heavy atom. The van der Waals surface area contributed by atoms with Crippen LogP contribution in [0.5, 0.6) is 0 Å². The van der Waals surface area contributed by atoms with Crippen molar-refractivity contribution in [2.75, 3.05) is 28.1 Å². The van der Waals surface area contributed by atoms with E-state index in [0.717, 1.165) is 19.3 Å². The summed E-state index contributed by atoms with van der Waals surface area (Å²) in [6.07, 6.45) is 2.07. The molecule has 2 aliphatic heterocycles. The average molecular weight is 436 g/mol. The molecule has 2 heterocycles. The number of aliphatic hydroxyl groups is 1. The predicted molar refractivity (Wildman–Crippen MR) is 106 cm³/mol. The summed E-state index contributed by atoms with van der Waals surface area (Å²) in [6, 6.07) is -0.272. The van der Waals surface area contributed by atoms with Crippen LogP contribution in [0.25, 0.3) is 0 Å². The van der Waals surface area contributed by atoms with Gasteiger partial charge in [-0.05, 0) is 25.2 Å².